The summed E-state index contributed by atoms with van der Waals surface area (Å²) in [6.07, 6.45) is 0. The number of tetrazole rings is 1. The van der Waals surface area contributed by atoms with Gasteiger partial charge in [-0.2, -0.15) is 4.68 Å². The van der Waals surface area contributed by atoms with Gasteiger partial charge in [0.2, 0.25) is 17.0 Å². The molecule has 1 aromatic heterocycles. The number of carbonyl (C=O) groups is 2. The molecule has 140 valence electrons. The standard InChI is InChI=1S/C16H21ClN6O2S/c1-4-22(5-2)14(24)10-21(3)15(25)11-26-16-18-19-20-23(16)13-8-6-12(17)7-9-13/h6-9H,4-5,10-11H2,1-3H3. The summed E-state index contributed by atoms with van der Waals surface area (Å²) >= 11 is 7.10. The molecule has 0 radical (unpaired) electrons. The van der Waals surface area contributed by atoms with Crippen LogP contribution in [0.25, 0.3) is 5.69 Å². The molecule has 2 amide bonds. The second-order valence-electron chi connectivity index (χ2n) is 5.45. The molecule has 10 heteroatoms. The first kappa shape index (κ1) is 20.2. The minimum Gasteiger partial charge on any atom is -0.342 e. The Morgan fingerprint density at radius 2 is 1.81 bits per heavy atom. The molecule has 0 saturated carbocycles. The summed E-state index contributed by atoms with van der Waals surface area (Å²) in [5.41, 5.74) is 0.749. The smallest absolute Gasteiger partial charge is 0.242 e. The largest absolute Gasteiger partial charge is 0.342 e. The average Bonchev–Trinajstić information content (AvgIpc) is 3.09. The minimum atomic E-state index is -0.166. The van der Waals surface area contributed by atoms with Gasteiger partial charge in [-0.15, -0.1) is 5.10 Å². The van der Waals surface area contributed by atoms with E-state index in [1.54, 1.807) is 36.2 Å². The first-order chi connectivity index (χ1) is 12.5. The average molecular weight is 397 g/mol. The Kier molecular flexibility index (Phi) is 7.40. The fourth-order valence-electron chi connectivity index (χ4n) is 2.22. The normalized spacial score (nSPS) is 10.6. The maximum absolute atomic E-state index is 12.3. The highest BCUT2D eigenvalue weighted by atomic mass is 35.5. The zero-order valence-corrected chi connectivity index (χ0v) is 16.5. The predicted octanol–water partition coefficient (Wildman–Crippen LogP) is 1.73. The number of benzene rings is 1. The number of likely N-dealkylation sites (N-methyl/N-ethyl adjacent to an activating group) is 2. The van der Waals surface area contributed by atoms with Gasteiger partial charge in [0, 0.05) is 25.2 Å². The quantitative estimate of drug-likeness (QED) is 0.632. The Balaban J connectivity index is 1.95. The Morgan fingerprint density at radius 1 is 1.15 bits per heavy atom. The molecule has 0 aliphatic carbocycles. The number of aromatic nitrogens is 4. The highest BCUT2D eigenvalue weighted by molar-refractivity contribution is 7.99. The number of nitrogens with zero attached hydrogens (tertiary/aromatic N) is 6. The summed E-state index contributed by atoms with van der Waals surface area (Å²) in [5, 5.41) is 12.7. The molecule has 0 spiro atoms. The van der Waals surface area contributed by atoms with Crippen molar-refractivity contribution in [2.24, 2.45) is 0 Å². The van der Waals surface area contributed by atoms with Gasteiger partial charge >= 0.3 is 0 Å². The third kappa shape index (κ3) is 5.18. The number of carbonyl (C=O) groups excluding carboxylic acids is 2. The fourth-order valence-corrected chi connectivity index (χ4v) is 3.17. The molecule has 26 heavy (non-hydrogen) atoms. The lowest BCUT2D eigenvalue weighted by molar-refractivity contribution is -0.137. The van der Waals surface area contributed by atoms with Crippen molar-refractivity contribution in [3.05, 3.63) is 29.3 Å². The van der Waals surface area contributed by atoms with Gasteiger partial charge in [0.15, 0.2) is 0 Å². The van der Waals surface area contributed by atoms with Crippen LogP contribution in [0.3, 0.4) is 0 Å². The van der Waals surface area contributed by atoms with E-state index in [0.717, 1.165) is 5.69 Å². The molecule has 2 aromatic rings. The molecule has 8 nitrogen and oxygen atoms in total. The van der Waals surface area contributed by atoms with Crippen molar-refractivity contribution < 1.29 is 9.59 Å². The van der Waals surface area contributed by atoms with Crippen molar-refractivity contribution in [2.45, 2.75) is 19.0 Å². The second-order valence-corrected chi connectivity index (χ2v) is 6.83. The third-order valence-electron chi connectivity index (χ3n) is 3.75. The highest BCUT2D eigenvalue weighted by Crippen LogP contribution is 2.19. The summed E-state index contributed by atoms with van der Waals surface area (Å²) in [4.78, 5) is 27.5. The van der Waals surface area contributed by atoms with Gasteiger partial charge in [-0.3, -0.25) is 9.59 Å². The zero-order chi connectivity index (χ0) is 19.1. The molecule has 0 N–H and O–H groups in total. The van der Waals surface area contributed by atoms with E-state index in [1.807, 2.05) is 13.8 Å². The number of rotatable bonds is 8. The molecule has 1 aromatic carbocycles. The van der Waals surface area contributed by atoms with Crippen molar-refractivity contribution in [3.63, 3.8) is 0 Å². The first-order valence-electron chi connectivity index (χ1n) is 8.15. The Morgan fingerprint density at radius 3 is 2.42 bits per heavy atom. The summed E-state index contributed by atoms with van der Waals surface area (Å²) in [5.74, 6) is -0.0984. The van der Waals surface area contributed by atoms with Gasteiger partial charge < -0.3 is 9.80 Å². The van der Waals surface area contributed by atoms with Crippen LogP contribution < -0.4 is 0 Å². The molecule has 0 bridgehead atoms. The van der Waals surface area contributed by atoms with Crippen LogP contribution in [0.2, 0.25) is 5.02 Å². The molecule has 0 atom stereocenters. The van der Waals surface area contributed by atoms with E-state index in [4.69, 9.17) is 11.6 Å². The molecule has 0 aliphatic rings. The van der Waals surface area contributed by atoms with E-state index in [0.29, 0.717) is 23.3 Å². The third-order valence-corrected chi connectivity index (χ3v) is 4.91. The number of amides is 2. The zero-order valence-electron chi connectivity index (χ0n) is 14.9. The number of hydrogen-bond donors (Lipinski definition) is 0. The van der Waals surface area contributed by atoms with Gasteiger partial charge in [0.05, 0.1) is 18.0 Å². The lowest BCUT2D eigenvalue weighted by atomic mass is 10.3. The van der Waals surface area contributed by atoms with Crippen LogP contribution in [-0.2, 0) is 9.59 Å². The molecular weight excluding hydrogens is 376 g/mol. The van der Waals surface area contributed by atoms with Crippen LogP contribution in [0.4, 0.5) is 0 Å². The summed E-state index contributed by atoms with van der Waals surface area (Å²) in [6.45, 7) is 5.14. The Bertz CT molecular complexity index is 747. The summed E-state index contributed by atoms with van der Waals surface area (Å²) in [7, 11) is 1.62. The SMILES string of the molecule is CCN(CC)C(=O)CN(C)C(=O)CSc1nnnn1-c1ccc(Cl)cc1. The number of thioether (sulfide) groups is 1. The lowest BCUT2D eigenvalue weighted by Gasteiger charge is -2.23. The molecule has 0 unspecified atom stereocenters. The van der Waals surface area contributed by atoms with E-state index in [-0.39, 0.29) is 24.1 Å². The van der Waals surface area contributed by atoms with Crippen LogP contribution in [0.15, 0.2) is 29.4 Å². The van der Waals surface area contributed by atoms with Gasteiger partial charge in [0.25, 0.3) is 0 Å². The van der Waals surface area contributed by atoms with E-state index in [9.17, 15) is 9.59 Å². The molecule has 0 aliphatic heterocycles. The van der Waals surface area contributed by atoms with E-state index >= 15 is 0 Å². The van der Waals surface area contributed by atoms with Crippen LogP contribution in [-0.4, -0.2) is 74.3 Å². The monoisotopic (exact) mass is 396 g/mol. The minimum absolute atomic E-state index is 0.0587. The first-order valence-corrected chi connectivity index (χ1v) is 9.51. The molecule has 2 rings (SSSR count). The second kappa shape index (κ2) is 9.54. The van der Waals surface area contributed by atoms with Crippen molar-refractivity contribution >= 4 is 35.2 Å². The molecule has 0 fully saturated rings. The van der Waals surface area contributed by atoms with E-state index < -0.39 is 0 Å². The van der Waals surface area contributed by atoms with Crippen LogP contribution in [0.5, 0.6) is 0 Å². The maximum Gasteiger partial charge on any atom is 0.242 e. The van der Waals surface area contributed by atoms with Gasteiger partial charge in [0.1, 0.15) is 0 Å². The van der Waals surface area contributed by atoms with Gasteiger partial charge in [-0.05, 0) is 48.5 Å². The van der Waals surface area contributed by atoms with Crippen LogP contribution in [0.1, 0.15) is 13.8 Å². The van der Waals surface area contributed by atoms with Crippen molar-refractivity contribution in [1.29, 1.82) is 0 Å². The molecule has 1 heterocycles. The van der Waals surface area contributed by atoms with Crippen LogP contribution in [0, 0.1) is 0 Å². The van der Waals surface area contributed by atoms with Gasteiger partial charge in [-0.25, -0.2) is 0 Å². The maximum atomic E-state index is 12.3. The van der Waals surface area contributed by atoms with E-state index in [2.05, 4.69) is 15.5 Å². The summed E-state index contributed by atoms with van der Waals surface area (Å²) in [6, 6.07) is 7.06. The van der Waals surface area contributed by atoms with Crippen molar-refractivity contribution in [2.75, 3.05) is 32.4 Å². The number of hydrogen-bond acceptors (Lipinski definition) is 6. The molecule has 0 saturated heterocycles. The van der Waals surface area contributed by atoms with Crippen molar-refractivity contribution in [3.8, 4) is 5.69 Å². The van der Waals surface area contributed by atoms with Gasteiger partial charge in [-0.1, -0.05) is 23.4 Å². The highest BCUT2D eigenvalue weighted by Gasteiger charge is 2.18. The Labute approximate surface area is 161 Å². The molecular formula is C16H21ClN6O2S. The fraction of sp³-hybridized carbons (Fsp3) is 0.438. The Hall–Kier alpha value is -2.13. The number of halogens is 1. The predicted molar refractivity (Wildman–Crippen MR) is 100 cm³/mol. The van der Waals surface area contributed by atoms with Crippen molar-refractivity contribution in [1.82, 2.24) is 30.0 Å². The van der Waals surface area contributed by atoms with Crippen LogP contribution >= 0.6 is 23.4 Å². The lowest BCUT2D eigenvalue weighted by Crippen LogP contribution is -2.41. The topological polar surface area (TPSA) is 84.2 Å². The van der Waals surface area contributed by atoms with E-state index in [1.165, 1.54) is 21.3 Å². The summed E-state index contributed by atoms with van der Waals surface area (Å²) < 4.78 is 1.54.